The van der Waals surface area contributed by atoms with Crippen molar-refractivity contribution in [3.8, 4) is 5.75 Å². The van der Waals surface area contributed by atoms with Crippen LogP contribution in [0.4, 0.5) is 5.69 Å². The highest BCUT2D eigenvalue weighted by Crippen LogP contribution is 2.27. The van der Waals surface area contributed by atoms with Gasteiger partial charge in [0.15, 0.2) is 5.75 Å². The van der Waals surface area contributed by atoms with Crippen LogP contribution < -0.4 is 15.4 Å². The number of amides is 1. The number of benzene rings is 1. The van der Waals surface area contributed by atoms with E-state index in [1.54, 1.807) is 0 Å². The Labute approximate surface area is 141 Å². The molecule has 23 heavy (non-hydrogen) atoms. The van der Waals surface area contributed by atoms with Crippen LogP contribution in [0, 0.1) is 16.0 Å². The third kappa shape index (κ3) is 5.37. The number of nitrogens with zero attached hydrogens (tertiary/aromatic N) is 1. The van der Waals surface area contributed by atoms with Crippen molar-refractivity contribution in [2.24, 2.45) is 5.92 Å². The quantitative estimate of drug-likeness (QED) is 0.609. The minimum absolute atomic E-state index is 0. The molecule has 2 rings (SSSR count). The fourth-order valence-corrected chi connectivity index (χ4v) is 2.63. The zero-order valence-electron chi connectivity index (χ0n) is 13.0. The van der Waals surface area contributed by atoms with E-state index >= 15 is 0 Å². The Kier molecular flexibility index (Phi) is 7.77. The summed E-state index contributed by atoms with van der Waals surface area (Å²) in [7, 11) is 1.35. The van der Waals surface area contributed by atoms with Crippen LogP contribution in [0.3, 0.4) is 0 Å². The lowest BCUT2D eigenvalue weighted by molar-refractivity contribution is -0.385. The molecule has 0 spiro atoms. The van der Waals surface area contributed by atoms with Crippen LogP contribution in [0.25, 0.3) is 0 Å². The standard InChI is InChI=1S/C15H21N3O4.ClH/c1-22-14-9-12(4-5-13(14)18(20)21)15(19)17-8-6-11-3-2-7-16-10-11;/h4-5,9,11,16H,2-3,6-8,10H2,1H3,(H,17,19);1H. The summed E-state index contributed by atoms with van der Waals surface area (Å²) in [5.74, 6) is 0.451. The van der Waals surface area contributed by atoms with Crippen LogP contribution in [0.15, 0.2) is 18.2 Å². The molecule has 1 saturated heterocycles. The molecule has 1 unspecified atom stereocenters. The Morgan fingerprint density at radius 3 is 2.91 bits per heavy atom. The van der Waals surface area contributed by atoms with Crippen molar-refractivity contribution in [1.29, 1.82) is 0 Å². The Bertz CT molecular complexity index is 548. The van der Waals surface area contributed by atoms with Gasteiger partial charge in [-0.3, -0.25) is 14.9 Å². The second kappa shape index (κ2) is 9.32. The van der Waals surface area contributed by atoms with Crippen LogP contribution in [-0.4, -0.2) is 37.6 Å². The molecule has 1 aliphatic rings. The Hall–Kier alpha value is -1.86. The smallest absolute Gasteiger partial charge is 0.310 e. The highest BCUT2D eigenvalue weighted by molar-refractivity contribution is 5.95. The number of halogens is 1. The van der Waals surface area contributed by atoms with Crippen LogP contribution in [0.5, 0.6) is 5.75 Å². The predicted molar refractivity (Wildman–Crippen MR) is 89.4 cm³/mol. The minimum Gasteiger partial charge on any atom is -0.490 e. The summed E-state index contributed by atoms with van der Waals surface area (Å²) in [5, 5.41) is 17.0. The second-order valence-electron chi connectivity index (χ2n) is 5.40. The first-order valence-electron chi connectivity index (χ1n) is 7.43. The number of piperidine rings is 1. The van der Waals surface area contributed by atoms with Crippen molar-refractivity contribution < 1.29 is 14.5 Å². The number of methoxy groups -OCH3 is 1. The van der Waals surface area contributed by atoms with E-state index in [2.05, 4.69) is 10.6 Å². The van der Waals surface area contributed by atoms with Gasteiger partial charge in [-0.15, -0.1) is 12.4 Å². The SMILES string of the molecule is COc1cc(C(=O)NCCC2CCCNC2)ccc1[N+](=O)[O-].Cl. The van der Waals surface area contributed by atoms with Gasteiger partial charge in [0.05, 0.1) is 12.0 Å². The molecular formula is C15H22ClN3O4. The molecule has 128 valence electrons. The molecule has 8 heteroatoms. The third-order valence-electron chi connectivity index (χ3n) is 3.88. The first-order valence-corrected chi connectivity index (χ1v) is 7.43. The van der Waals surface area contributed by atoms with E-state index in [1.807, 2.05) is 0 Å². The molecule has 1 amide bonds. The second-order valence-corrected chi connectivity index (χ2v) is 5.40. The first-order chi connectivity index (χ1) is 10.6. The number of nitrogens with one attached hydrogen (secondary N) is 2. The highest BCUT2D eigenvalue weighted by atomic mass is 35.5. The van der Waals surface area contributed by atoms with Crippen LogP contribution in [0.1, 0.15) is 29.6 Å². The number of hydrogen-bond acceptors (Lipinski definition) is 5. The number of carbonyl (C=O) groups excluding carboxylic acids is 1. The van der Waals surface area contributed by atoms with Gasteiger partial charge in [-0.05, 0) is 44.3 Å². The number of nitro benzene ring substituents is 1. The number of rotatable bonds is 6. The van der Waals surface area contributed by atoms with E-state index in [0.717, 1.165) is 19.5 Å². The fraction of sp³-hybridized carbons (Fsp3) is 0.533. The average Bonchev–Trinajstić information content (AvgIpc) is 2.55. The minimum atomic E-state index is -0.531. The maximum atomic E-state index is 12.1. The largest absolute Gasteiger partial charge is 0.490 e. The van der Waals surface area contributed by atoms with Gasteiger partial charge in [0.25, 0.3) is 5.91 Å². The zero-order valence-corrected chi connectivity index (χ0v) is 13.9. The van der Waals surface area contributed by atoms with Crippen LogP contribution in [0.2, 0.25) is 0 Å². The molecular weight excluding hydrogens is 322 g/mol. The molecule has 0 aromatic heterocycles. The van der Waals surface area contributed by atoms with Gasteiger partial charge in [0.1, 0.15) is 0 Å². The fourth-order valence-electron chi connectivity index (χ4n) is 2.63. The normalized spacial score (nSPS) is 17.0. The van der Waals surface area contributed by atoms with Gasteiger partial charge in [-0.25, -0.2) is 0 Å². The van der Waals surface area contributed by atoms with Crippen molar-refractivity contribution in [3.05, 3.63) is 33.9 Å². The van der Waals surface area contributed by atoms with E-state index < -0.39 is 4.92 Å². The molecule has 1 heterocycles. The average molecular weight is 344 g/mol. The van der Waals surface area contributed by atoms with E-state index in [0.29, 0.717) is 18.0 Å². The molecule has 2 N–H and O–H groups in total. The van der Waals surface area contributed by atoms with Crippen LogP contribution in [-0.2, 0) is 0 Å². The van der Waals surface area contributed by atoms with Crippen molar-refractivity contribution in [3.63, 3.8) is 0 Å². The number of nitro groups is 1. The maximum Gasteiger partial charge on any atom is 0.310 e. The Morgan fingerprint density at radius 2 is 2.30 bits per heavy atom. The lowest BCUT2D eigenvalue weighted by Crippen LogP contribution is -2.33. The lowest BCUT2D eigenvalue weighted by atomic mass is 9.96. The first kappa shape index (κ1) is 19.2. The predicted octanol–water partition coefficient (Wildman–Crippen LogP) is 2.14. The summed E-state index contributed by atoms with van der Waals surface area (Å²) in [5.41, 5.74) is 0.219. The van der Waals surface area contributed by atoms with Gasteiger partial charge >= 0.3 is 5.69 Å². The van der Waals surface area contributed by atoms with E-state index in [-0.39, 0.29) is 29.8 Å². The van der Waals surface area contributed by atoms with Crippen molar-refractivity contribution in [1.82, 2.24) is 10.6 Å². The highest BCUT2D eigenvalue weighted by Gasteiger charge is 2.18. The molecule has 0 radical (unpaired) electrons. The molecule has 0 bridgehead atoms. The van der Waals surface area contributed by atoms with Crippen molar-refractivity contribution in [2.75, 3.05) is 26.7 Å². The molecule has 1 fully saturated rings. The number of carbonyl (C=O) groups is 1. The van der Waals surface area contributed by atoms with E-state index in [1.165, 1.54) is 38.2 Å². The number of ether oxygens (including phenoxy) is 1. The summed E-state index contributed by atoms with van der Waals surface area (Å²) in [6.07, 6.45) is 3.30. The van der Waals surface area contributed by atoms with Gasteiger partial charge in [-0.2, -0.15) is 0 Å². The summed E-state index contributed by atoms with van der Waals surface area (Å²) in [6.45, 7) is 2.68. The molecule has 1 aromatic carbocycles. The van der Waals surface area contributed by atoms with Gasteiger partial charge in [-0.1, -0.05) is 0 Å². The maximum absolute atomic E-state index is 12.1. The zero-order chi connectivity index (χ0) is 15.9. The Morgan fingerprint density at radius 1 is 1.52 bits per heavy atom. The van der Waals surface area contributed by atoms with E-state index in [4.69, 9.17) is 4.74 Å². The summed E-state index contributed by atoms with van der Waals surface area (Å²) in [6, 6.07) is 4.13. The van der Waals surface area contributed by atoms with Crippen molar-refractivity contribution >= 4 is 24.0 Å². The molecule has 0 saturated carbocycles. The molecule has 7 nitrogen and oxygen atoms in total. The summed E-state index contributed by atoms with van der Waals surface area (Å²) < 4.78 is 4.97. The van der Waals surface area contributed by atoms with Crippen molar-refractivity contribution in [2.45, 2.75) is 19.3 Å². The van der Waals surface area contributed by atoms with Gasteiger partial charge in [0, 0.05) is 24.2 Å². The molecule has 1 atom stereocenters. The van der Waals surface area contributed by atoms with Gasteiger partial charge in [0.2, 0.25) is 0 Å². The summed E-state index contributed by atoms with van der Waals surface area (Å²) >= 11 is 0. The number of hydrogen-bond donors (Lipinski definition) is 2. The Balaban J connectivity index is 0.00000264. The molecule has 0 aliphatic carbocycles. The molecule has 1 aromatic rings. The van der Waals surface area contributed by atoms with E-state index in [9.17, 15) is 14.9 Å². The monoisotopic (exact) mass is 343 g/mol. The van der Waals surface area contributed by atoms with Gasteiger partial charge < -0.3 is 15.4 Å². The lowest BCUT2D eigenvalue weighted by Gasteiger charge is -2.22. The van der Waals surface area contributed by atoms with Crippen LogP contribution >= 0.6 is 12.4 Å². The molecule has 1 aliphatic heterocycles. The third-order valence-corrected chi connectivity index (χ3v) is 3.88. The topological polar surface area (TPSA) is 93.5 Å². The summed E-state index contributed by atoms with van der Waals surface area (Å²) in [4.78, 5) is 22.4.